The Kier molecular flexibility index (Phi) is 9.75. The first kappa shape index (κ1) is 20.7. The Bertz CT molecular complexity index is 524. The number of rotatable bonds is 7. The average Bonchev–Trinajstić information content (AvgIpc) is 3.08. The van der Waals surface area contributed by atoms with E-state index in [-0.39, 0.29) is 24.0 Å². The van der Waals surface area contributed by atoms with Crippen LogP contribution in [0.25, 0.3) is 0 Å². The minimum absolute atomic E-state index is 0. The first-order valence-corrected chi connectivity index (χ1v) is 8.52. The number of hydrogen-bond acceptors (Lipinski definition) is 2. The van der Waals surface area contributed by atoms with Gasteiger partial charge in [-0.2, -0.15) is 0 Å². The standard InChI is InChI=1S/C18H28N4O.HI/c1-20-18(21-12-4-7-14-5-2-3-6-14)22-13-15-8-10-16(11-9-15)17(19)23;/h8-11,14H,2-7,12-13H2,1H3,(H2,19,23)(H2,20,21,22);1H. The molecule has 0 bridgehead atoms. The fourth-order valence-corrected chi connectivity index (χ4v) is 3.09. The molecule has 1 amide bonds. The largest absolute Gasteiger partial charge is 0.366 e. The number of hydrogen-bond donors (Lipinski definition) is 3. The van der Waals surface area contributed by atoms with E-state index in [1.165, 1.54) is 38.5 Å². The van der Waals surface area contributed by atoms with E-state index in [0.717, 1.165) is 24.0 Å². The third-order valence-electron chi connectivity index (χ3n) is 4.48. The highest BCUT2D eigenvalue weighted by Gasteiger charge is 2.13. The topological polar surface area (TPSA) is 79.5 Å². The molecular weight excluding hydrogens is 415 g/mol. The number of carbonyl (C=O) groups excluding carboxylic acids is 1. The Morgan fingerprint density at radius 1 is 1.21 bits per heavy atom. The number of aliphatic imine (C=N–C) groups is 1. The maximum Gasteiger partial charge on any atom is 0.248 e. The molecule has 1 aromatic carbocycles. The number of nitrogens with zero attached hydrogens (tertiary/aromatic N) is 1. The van der Waals surface area contributed by atoms with Crippen molar-refractivity contribution in [3.8, 4) is 0 Å². The molecule has 0 unspecified atom stereocenters. The molecule has 1 aromatic rings. The smallest absolute Gasteiger partial charge is 0.248 e. The fourth-order valence-electron chi connectivity index (χ4n) is 3.09. The number of halogens is 1. The van der Waals surface area contributed by atoms with Gasteiger partial charge >= 0.3 is 0 Å². The highest BCUT2D eigenvalue weighted by molar-refractivity contribution is 14.0. The van der Waals surface area contributed by atoms with Crippen molar-refractivity contribution in [3.05, 3.63) is 35.4 Å². The summed E-state index contributed by atoms with van der Waals surface area (Å²) >= 11 is 0. The predicted octanol–water partition coefficient (Wildman–Crippen LogP) is 3.04. The molecule has 24 heavy (non-hydrogen) atoms. The van der Waals surface area contributed by atoms with Gasteiger partial charge in [0.25, 0.3) is 0 Å². The van der Waals surface area contributed by atoms with Crippen molar-refractivity contribution < 1.29 is 4.79 Å². The molecule has 5 nitrogen and oxygen atoms in total. The molecule has 134 valence electrons. The molecule has 1 aliphatic rings. The number of carbonyl (C=O) groups is 1. The van der Waals surface area contributed by atoms with Crippen molar-refractivity contribution in [1.29, 1.82) is 0 Å². The summed E-state index contributed by atoms with van der Waals surface area (Å²) in [6.07, 6.45) is 8.16. The normalized spacial score (nSPS) is 15.0. The predicted molar refractivity (Wildman–Crippen MR) is 110 cm³/mol. The van der Waals surface area contributed by atoms with E-state index in [1.807, 2.05) is 12.1 Å². The summed E-state index contributed by atoms with van der Waals surface area (Å²) in [5.41, 5.74) is 6.85. The molecule has 1 saturated carbocycles. The van der Waals surface area contributed by atoms with E-state index in [1.54, 1.807) is 19.2 Å². The SMILES string of the molecule is CN=C(NCCCC1CCCC1)NCc1ccc(C(N)=O)cc1.I. The molecule has 0 aliphatic heterocycles. The molecule has 4 N–H and O–H groups in total. The molecule has 1 aliphatic carbocycles. The zero-order valence-electron chi connectivity index (χ0n) is 14.4. The molecule has 0 spiro atoms. The molecule has 2 rings (SSSR count). The van der Waals surface area contributed by atoms with Crippen LogP contribution in [-0.2, 0) is 6.54 Å². The lowest BCUT2D eigenvalue weighted by atomic mass is 10.0. The molecule has 0 radical (unpaired) electrons. The zero-order chi connectivity index (χ0) is 16.5. The monoisotopic (exact) mass is 444 g/mol. The second-order valence-corrected chi connectivity index (χ2v) is 6.21. The van der Waals surface area contributed by atoms with E-state index in [0.29, 0.717) is 12.1 Å². The van der Waals surface area contributed by atoms with Gasteiger partial charge in [-0.1, -0.05) is 37.8 Å². The number of primary amides is 1. The fraction of sp³-hybridized carbons (Fsp3) is 0.556. The van der Waals surface area contributed by atoms with E-state index >= 15 is 0 Å². The van der Waals surface area contributed by atoms with Gasteiger partial charge in [-0.25, -0.2) is 0 Å². The maximum absolute atomic E-state index is 11.0. The van der Waals surface area contributed by atoms with E-state index in [4.69, 9.17) is 5.73 Å². The van der Waals surface area contributed by atoms with Crippen LogP contribution in [0, 0.1) is 5.92 Å². The Labute approximate surface area is 161 Å². The second kappa shape index (κ2) is 11.3. The average molecular weight is 444 g/mol. The van der Waals surface area contributed by atoms with Crippen molar-refractivity contribution in [2.45, 2.75) is 45.1 Å². The van der Waals surface area contributed by atoms with Crippen LogP contribution >= 0.6 is 24.0 Å². The van der Waals surface area contributed by atoms with Gasteiger partial charge in [-0.15, -0.1) is 24.0 Å². The molecule has 0 atom stereocenters. The Hall–Kier alpha value is -1.31. The first-order valence-electron chi connectivity index (χ1n) is 8.52. The maximum atomic E-state index is 11.0. The summed E-state index contributed by atoms with van der Waals surface area (Å²) in [6.45, 7) is 1.62. The summed E-state index contributed by atoms with van der Waals surface area (Å²) in [6, 6.07) is 7.30. The van der Waals surface area contributed by atoms with Crippen LogP contribution < -0.4 is 16.4 Å². The van der Waals surface area contributed by atoms with E-state index in [9.17, 15) is 4.79 Å². The lowest BCUT2D eigenvalue weighted by Gasteiger charge is -2.13. The highest BCUT2D eigenvalue weighted by Crippen LogP contribution is 2.28. The van der Waals surface area contributed by atoms with Crippen LogP contribution in [0.2, 0.25) is 0 Å². The Morgan fingerprint density at radius 3 is 2.46 bits per heavy atom. The van der Waals surface area contributed by atoms with Crippen molar-refractivity contribution in [3.63, 3.8) is 0 Å². The summed E-state index contributed by atoms with van der Waals surface area (Å²) in [4.78, 5) is 15.3. The lowest BCUT2D eigenvalue weighted by Crippen LogP contribution is -2.37. The quantitative estimate of drug-likeness (QED) is 0.262. The number of benzene rings is 1. The van der Waals surface area contributed by atoms with Crippen molar-refractivity contribution >= 4 is 35.8 Å². The van der Waals surface area contributed by atoms with Gasteiger partial charge in [0.15, 0.2) is 5.96 Å². The Morgan fingerprint density at radius 2 is 1.88 bits per heavy atom. The van der Waals surface area contributed by atoms with Gasteiger partial charge in [0, 0.05) is 25.7 Å². The van der Waals surface area contributed by atoms with Gasteiger partial charge in [-0.3, -0.25) is 9.79 Å². The van der Waals surface area contributed by atoms with Crippen LogP contribution in [0.1, 0.15) is 54.4 Å². The lowest BCUT2D eigenvalue weighted by molar-refractivity contribution is 0.100. The molecule has 0 saturated heterocycles. The molecule has 1 fully saturated rings. The molecule has 6 heteroatoms. The van der Waals surface area contributed by atoms with Crippen LogP contribution in [0.4, 0.5) is 0 Å². The summed E-state index contributed by atoms with van der Waals surface area (Å²) < 4.78 is 0. The van der Waals surface area contributed by atoms with Crippen LogP contribution in [0.5, 0.6) is 0 Å². The van der Waals surface area contributed by atoms with Gasteiger partial charge in [0.1, 0.15) is 0 Å². The third-order valence-corrected chi connectivity index (χ3v) is 4.48. The van der Waals surface area contributed by atoms with Crippen molar-refractivity contribution in [2.24, 2.45) is 16.6 Å². The van der Waals surface area contributed by atoms with Gasteiger partial charge in [0.2, 0.25) is 5.91 Å². The van der Waals surface area contributed by atoms with Crippen molar-refractivity contribution in [1.82, 2.24) is 10.6 Å². The molecule has 0 aromatic heterocycles. The number of amides is 1. The number of nitrogens with one attached hydrogen (secondary N) is 2. The minimum atomic E-state index is -0.399. The van der Waals surface area contributed by atoms with Gasteiger partial charge in [-0.05, 0) is 36.5 Å². The zero-order valence-corrected chi connectivity index (χ0v) is 16.7. The van der Waals surface area contributed by atoms with Crippen LogP contribution in [-0.4, -0.2) is 25.5 Å². The number of guanidine groups is 1. The van der Waals surface area contributed by atoms with Gasteiger partial charge < -0.3 is 16.4 Å². The van der Waals surface area contributed by atoms with Crippen LogP contribution in [0.15, 0.2) is 29.3 Å². The number of nitrogens with two attached hydrogens (primary N) is 1. The van der Waals surface area contributed by atoms with Crippen molar-refractivity contribution in [2.75, 3.05) is 13.6 Å². The Balaban J connectivity index is 0.00000288. The first-order chi connectivity index (χ1) is 11.2. The summed E-state index contributed by atoms with van der Waals surface area (Å²) in [5, 5.41) is 6.64. The summed E-state index contributed by atoms with van der Waals surface area (Å²) in [7, 11) is 1.78. The van der Waals surface area contributed by atoms with E-state index in [2.05, 4.69) is 15.6 Å². The van der Waals surface area contributed by atoms with Crippen LogP contribution in [0.3, 0.4) is 0 Å². The second-order valence-electron chi connectivity index (χ2n) is 6.21. The minimum Gasteiger partial charge on any atom is -0.366 e. The third kappa shape index (κ3) is 7.07. The van der Waals surface area contributed by atoms with E-state index < -0.39 is 5.91 Å². The molecular formula is C18H29IN4O. The summed E-state index contributed by atoms with van der Waals surface area (Å²) in [5.74, 6) is 1.36. The highest BCUT2D eigenvalue weighted by atomic mass is 127. The molecule has 0 heterocycles. The van der Waals surface area contributed by atoms with Gasteiger partial charge in [0.05, 0.1) is 0 Å².